The second-order valence-electron chi connectivity index (χ2n) is 6.84. The van der Waals surface area contributed by atoms with Gasteiger partial charge < -0.3 is 10.2 Å². The molecule has 1 aromatic rings. The van der Waals surface area contributed by atoms with E-state index in [0.29, 0.717) is 6.04 Å². The molecule has 2 rings (SSSR count). The van der Waals surface area contributed by atoms with Crippen molar-refractivity contribution >= 4 is 5.69 Å². The zero-order valence-corrected chi connectivity index (χ0v) is 14.2. The molecule has 1 aliphatic carbocycles. The number of hydrogen-bond donors (Lipinski definition) is 1. The molecule has 118 valence electrons. The first kappa shape index (κ1) is 16.4. The fourth-order valence-electron chi connectivity index (χ4n) is 3.87. The predicted octanol–water partition coefficient (Wildman–Crippen LogP) is 4.24. The summed E-state index contributed by atoms with van der Waals surface area (Å²) in [6.45, 7) is 5.63. The first-order valence-electron chi connectivity index (χ1n) is 8.59. The lowest BCUT2D eigenvalue weighted by Gasteiger charge is -2.38. The Labute approximate surface area is 130 Å². The molecule has 0 amide bonds. The van der Waals surface area contributed by atoms with E-state index in [4.69, 9.17) is 0 Å². The highest BCUT2D eigenvalue weighted by atomic mass is 15.1. The zero-order chi connectivity index (χ0) is 15.2. The molecule has 21 heavy (non-hydrogen) atoms. The molecule has 0 radical (unpaired) electrons. The Hall–Kier alpha value is -1.02. The van der Waals surface area contributed by atoms with Crippen molar-refractivity contribution in [1.82, 2.24) is 5.32 Å². The second kappa shape index (κ2) is 7.84. The third-order valence-corrected chi connectivity index (χ3v) is 5.14. The van der Waals surface area contributed by atoms with Gasteiger partial charge in [0.15, 0.2) is 0 Å². The van der Waals surface area contributed by atoms with E-state index in [1.807, 2.05) is 0 Å². The minimum atomic E-state index is 0.686. The fraction of sp³-hybridized carbons (Fsp3) is 0.684. The van der Waals surface area contributed by atoms with E-state index in [2.05, 4.69) is 62.4 Å². The first-order chi connectivity index (χ1) is 10.1. The van der Waals surface area contributed by atoms with Crippen molar-refractivity contribution in [1.29, 1.82) is 0 Å². The van der Waals surface area contributed by atoms with Crippen LogP contribution in [0.3, 0.4) is 0 Å². The number of nitrogens with one attached hydrogen (secondary N) is 1. The van der Waals surface area contributed by atoms with E-state index in [1.54, 1.807) is 0 Å². The Bertz CT molecular complexity index is 412. The summed E-state index contributed by atoms with van der Waals surface area (Å²) in [4.78, 5) is 2.43. The van der Waals surface area contributed by atoms with Crippen LogP contribution in [0.5, 0.6) is 0 Å². The summed E-state index contributed by atoms with van der Waals surface area (Å²) in [6, 6.07) is 9.60. The third kappa shape index (κ3) is 4.47. The SMILES string of the molecule is CCCC1CCC(NC)C(CN(C)c2ccc(C)cc2)C1. The molecule has 0 heterocycles. The number of rotatable bonds is 6. The van der Waals surface area contributed by atoms with Crippen LogP contribution in [-0.4, -0.2) is 26.7 Å². The molecule has 1 fully saturated rings. The second-order valence-corrected chi connectivity index (χ2v) is 6.84. The van der Waals surface area contributed by atoms with Gasteiger partial charge >= 0.3 is 0 Å². The Morgan fingerprint density at radius 1 is 1.19 bits per heavy atom. The monoisotopic (exact) mass is 288 g/mol. The summed E-state index contributed by atoms with van der Waals surface area (Å²) in [5.41, 5.74) is 2.67. The summed E-state index contributed by atoms with van der Waals surface area (Å²) >= 11 is 0. The number of hydrogen-bond acceptors (Lipinski definition) is 2. The molecule has 1 N–H and O–H groups in total. The van der Waals surface area contributed by atoms with Crippen LogP contribution in [0, 0.1) is 18.8 Å². The van der Waals surface area contributed by atoms with Crippen molar-refractivity contribution in [3.8, 4) is 0 Å². The van der Waals surface area contributed by atoms with Crippen molar-refractivity contribution < 1.29 is 0 Å². The van der Waals surface area contributed by atoms with Gasteiger partial charge in [0.2, 0.25) is 0 Å². The van der Waals surface area contributed by atoms with Crippen molar-refractivity contribution in [3.63, 3.8) is 0 Å². The van der Waals surface area contributed by atoms with Gasteiger partial charge in [-0.25, -0.2) is 0 Å². The average Bonchev–Trinajstić information content (AvgIpc) is 2.48. The Balaban J connectivity index is 1.98. The van der Waals surface area contributed by atoms with Crippen LogP contribution in [0.25, 0.3) is 0 Å². The Morgan fingerprint density at radius 2 is 1.90 bits per heavy atom. The van der Waals surface area contributed by atoms with Gasteiger partial charge in [0.05, 0.1) is 0 Å². The smallest absolute Gasteiger partial charge is 0.0363 e. The molecule has 2 heteroatoms. The number of anilines is 1. The van der Waals surface area contributed by atoms with E-state index < -0.39 is 0 Å². The van der Waals surface area contributed by atoms with E-state index in [0.717, 1.165) is 18.4 Å². The molecule has 0 aliphatic heterocycles. The van der Waals surface area contributed by atoms with Gasteiger partial charge in [-0.1, -0.05) is 37.5 Å². The Morgan fingerprint density at radius 3 is 2.52 bits per heavy atom. The first-order valence-corrected chi connectivity index (χ1v) is 8.59. The minimum absolute atomic E-state index is 0.686. The molecular weight excluding hydrogens is 256 g/mol. The van der Waals surface area contributed by atoms with E-state index in [9.17, 15) is 0 Å². The van der Waals surface area contributed by atoms with Crippen LogP contribution in [0.15, 0.2) is 24.3 Å². The minimum Gasteiger partial charge on any atom is -0.374 e. The number of aryl methyl sites for hydroxylation is 1. The van der Waals surface area contributed by atoms with Gasteiger partial charge in [0.1, 0.15) is 0 Å². The fourth-order valence-corrected chi connectivity index (χ4v) is 3.87. The van der Waals surface area contributed by atoms with Crippen LogP contribution in [0.4, 0.5) is 5.69 Å². The highest BCUT2D eigenvalue weighted by molar-refractivity contribution is 5.46. The molecule has 0 bridgehead atoms. The predicted molar refractivity (Wildman–Crippen MR) is 93.0 cm³/mol. The van der Waals surface area contributed by atoms with E-state index in [1.165, 1.54) is 43.4 Å². The molecule has 1 saturated carbocycles. The van der Waals surface area contributed by atoms with Gasteiger partial charge in [-0.3, -0.25) is 0 Å². The van der Waals surface area contributed by atoms with E-state index >= 15 is 0 Å². The normalized spacial score (nSPS) is 25.8. The van der Waals surface area contributed by atoms with Gasteiger partial charge in [-0.15, -0.1) is 0 Å². The van der Waals surface area contributed by atoms with Crippen molar-refractivity contribution in [2.45, 2.75) is 52.0 Å². The van der Waals surface area contributed by atoms with Gasteiger partial charge in [0.25, 0.3) is 0 Å². The van der Waals surface area contributed by atoms with Crippen LogP contribution in [0.2, 0.25) is 0 Å². The highest BCUT2D eigenvalue weighted by Gasteiger charge is 2.29. The zero-order valence-electron chi connectivity index (χ0n) is 14.2. The Kier molecular flexibility index (Phi) is 6.10. The van der Waals surface area contributed by atoms with Crippen LogP contribution in [-0.2, 0) is 0 Å². The van der Waals surface area contributed by atoms with E-state index in [-0.39, 0.29) is 0 Å². The number of benzene rings is 1. The van der Waals surface area contributed by atoms with Crippen LogP contribution < -0.4 is 10.2 Å². The van der Waals surface area contributed by atoms with Crippen molar-refractivity contribution in [3.05, 3.63) is 29.8 Å². The molecule has 3 unspecified atom stereocenters. The summed E-state index contributed by atoms with van der Waals surface area (Å²) in [5.74, 6) is 1.71. The third-order valence-electron chi connectivity index (χ3n) is 5.14. The summed E-state index contributed by atoms with van der Waals surface area (Å²) in [6.07, 6.45) is 6.86. The lowest BCUT2D eigenvalue weighted by molar-refractivity contribution is 0.205. The molecule has 0 saturated heterocycles. The summed E-state index contributed by atoms with van der Waals surface area (Å²) in [7, 11) is 4.37. The maximum Gasteiger partial charge on any atom is 0.0363 e. The molecule has 0 aromatic heterocycles. The van der Waals surface area contributed by atoms with Gasteiger partial charge in [-0.05, 0) is 57.2 Å². The molecule has 1 aromatic carbocycles. The topological polar surface area (TPSA) is 15.3 Å². The lowest BCUT2D eigenvalue weighted by Crippen LogP contribution is -2.44. The largest absolute Gasteiger partial charge is 0.374 e. The lowest BCUT2D eigenvalue weighted by atomic mass is 9.76. The van der Waals surface area contributed by atoms with Gasteiger partial charge in [-0.2, -0.15) is 0 Å². The molecule has 0 spiro atoms. The summed E-state index contributed by atoms with van der Waals surface area (Å²) < 4.78 is 0. The molecule has 3 atom stereocenters. The molecule has 1 aliphatic rings. The van der Waals surface area contributed by atoms with Crippen LogP contribution >= 0.6 is 0 Å². The van der Waals surface area contributed by atoms with Crippen molar-refractivity contribution in [2.24, 2.45) is 11.8 Å². The summed E-state index contributed by atoms with van der Waals surface area (Å²) in [5, 5.41) is 3.56. The maximum atomic E-state index is 3.56. The maximum absolute atomic E-state index is 3.56. The molecule has 2 nitrogen and oxygen atoms in total. The molecular formula is C19H32N2. The van der Waals surface area contributed by atoms with Crippen LogP contribution in [0.1, 0.15) is 44.6 Å². The standard InChI is InChI=1S/C19H32N2/c1-5-6-16-9-12-19(20-3)17(13-16)14-21(4)18-10-7-15(2)8-11-18/h7-8,10-11,16-17,19-20H,5-6,9,12-14H2,1-4H3. The highest BCUT2D eigenvalue weighted by Crippen LogP contribution is 2.33. The van der Waals surface area contributed by atoms with Crippen molar-refractivity contribution in [2.75, 3.05) is 25.5 Å². The van der Waals surface area contributed by atoms with Gasteiger partial charge in [0, 0.05) is 25.3 Å². The quantitative estimate of drug-likeness (QED) is 0.842. The number of nitrogens with zero attached hydrogens (tertiary/aromatic N) is 1. The average molecular weight is 288 g/mol.